The fourth-order valence-electron chi connectivity index (χ4n) is 2.29. The molecule has 0 radical (unpaired) electrons. The van der Waals surface area contributed by atoms with Crippen molar-refractivity contribution in [2.45, 2.75) is 45.4 Å². The van der Waals surface area contributed by atoms with Gasteiger partial charge in [-0.2, -0.15) is 0 Å². The van der Waals surface area contributed by atoms with Crippen molar-refractivity contribution >= 4 is 5.91 Å². The minimum absolute atomic E-state index is 0.197. The standard InChI is InChI=1S/C12H24N2O/c1-10-5-4-6-11(10)9-14-12(15)7-2-3-8-13/h10-11H,2-9,13H2,1H3,(H,14,15). The van der Waals surface area contributed by atoms with Gasteiger partial charge in [0.1, 0.15) is 0 Å². The van der Waals surface area contributed by atoms with Crippen LogP contribution in [0.5, 0.6) is 0 Å². The maximum Gasteiger partial charge on any atom is 0.220 e. The number of nitrogens with one attached hydrogen (secondary N) is 1. The van der Waals surface area contributed by atoms with Gasteiger partial charge in [0.05, 0.1) is 0 Å². The van der Waals surface area contributed by atoms with Crippen molar-refractivity contribution in [2.75, 3.05) is 13.1 Å². The van der Waals surface area contributed by atoms with E-state index < -0.39 is 0 Å². The lowest BCUT2D eigenvalue weighted by Gasteiger charge is -2.15. The van der Waals surface area contributed by atoms with Crippen LogP contribution < -0.4 is 11.1 Å². The number of nitrogens with two attached hydrogens (primary N) is 1. The van der Waals surface area contributed by atoms with Gasteiger partial charge in [-0.25, -0.2) is 0 Å². The highest BCUT2D eigenvalue weighted by Gasteiger charge is 2.23. The van der Waals surface area contributed by atoms with E-state index in [0.29, 0.717) is 18.9 Å². The average Bonchev–Trinajstić information content (AvgIpc) is 2.61. The summed E-state index contributed by atoms with van der Waals surface area (Å²) in [6, 6.07) is 0. The van der Waals surface area contributed by atoms with Crippen LogP contribution >= 0.6 is 0 Å². The van der Waals surface area contributed by atoms with E-state index in [1.807, 2.05) is 0 Å². The number of amides is 1. The lowest BCUT2D eigenvalue weighted by molar-refractivity contribution is -0.121. The first-order valence-corrected chi connectivity index (χ1v) is 6.20. The summed E-state index contributed by atoms with van der Waals surface area (Å²) in [7, 11) is 0. The van der Waals surface area contributed by atoms with E-state index in [-0.39, 0.29) is 5.91 Å². The molecule has 3 nitrogen and oxygen atoms in total. The predicted octanol–water partition coefficient (Wildman–Crippen LogP) is 1.67. The molecule has 0 aromatic heterocycles. The summed E-state index contributed by atoms with van der Waals surface area (Å²) in [5, 5.41) is 3.03. The second-order valence-electron chi connectivity index (χ2n) is 4.72. The van der Waals surface area contributed by atoms with Gasteiger partial charge in [-0.1, -0.05) is 19.8 Å². The Morgan fingerprint density at radius 2 is 2.20 bits per heavy atom. The molecule has 1 saturated carbocycles. The number of hydrogen-bond acceptors (Lipinski definition) is 2. The Labute approximate surface area is 92.8 Å². The fourth-order valence-corrected chi connectivity index (χ4v) is 2.29. The Hall–Kier alpha value is -0.570. The van der Waals surface area contributed by atoms with Crippen LogP contribution in [-0.4, -0.2) is 19.0 Å². The van der Waals surface area contributed by atoms with Gasteiger partial charge < -0.3 is 11.1 Å². The molecule has 3 heteroatoms. The molecule has 1 amide bonds. The third-order valence-corrected chi connectivity index (χ3v) is 3.46. The molecule has 1 aliphatic rings. The Morgan fingerprint density at radius 3 is 2.80 bits per heavy atom. The van der Waals surface area contributed by atoms with E-state index >= 15 is 0 Å². The molecule has 0 saturated heterocycles. The smallest absolute Gasteiger partial charge is 0.220 e. The summed E-state index contributed by atoms with van der Waals surface area (Å²) < 4.78 is 0. The Kier molecular flexibility index (Phi) is 5.69. The number of rotatable bonds is 6. The van der Waals surface area contributed by atoms with Gasteiger partial charge >= 0.3 is 0 Å². The van der Waals surface area contributed by atoms with Crippen molar-refractivity contribution in [1.29, 1.82) is 0 Å². The number of unbranched alkanes of at least 4 members (excludes halogenated alkanes) is 1. The van der Waals surface area contributed by atoms with E-state index in [1.54, 1.807) is 0 Å². The summed E-state index contributed by atoms with van der Waals surface area (Å²) in [6.45, 7) is 3.85. The Balaban J connectivity index is 2.05. The summed E-state index contributed by atoms with van der Waals surface area (Å²) in [6.07, 6.45) is 6.45. The molecule has 88 valence electrons. The lowest BCUT2D eigenvalue weighted by Crippen LogP contribution is -2.30. The van der Waals surface area contributed by atoms with Crippen molar-refractivity contribution < 1.29 is 4.79 Å². The molecule has 2 unspecified atom stereocenters. The minimum atomic E-state index is 0.197. The highest BCUT2D eigenvalue weighted by Crippen LogP contribution is 2.30. The van der Waals surface area contributed by atoms with Crippen LogP contribution in [-0.2, 0) is 4.79 Å². The first kappa shape index (κ1) is 12.5. The molecule has 15 heavy (non-hydrogen) atoms. The second-order valence-corrected chi connectivity index (χ2v) is 4.72. The van der Waals surface area contributed by atoms with Crippen LogP contribution in [0.1, 0.15) is 45.4 Å². The molecule has 3 N–H and O–H groups in total. The maximum absolute atomic E-state index is 11.4. The van der Waals surface area contributed by atoms with Crippen LogP contribution in [0, 0.1) is 11.8 Å². The van der Waals surface area contributed by atoms with Crippen LogP contribution in [0.4, 0.5) is 0 Å². The highest BCUT2D eigenvalue weighted by molar-refractivity contribution is 5.75. The molecule has 1 aliphatic carbocycles. The third kappa shape index (κ3) is 4.65. The number of hydrogen-bond donors (Lipinski definition) is 2. The lowest BCUT2D eigenvalue weighted by atomic mass is 9.98. The largest absolute Gasteiger partial charge is 0.356 e. The second kappa shape index (κ2) is 6.83. The molecule has 0 heterocycles. The number of carbonyl (C=O) groups excluding carboxylic acids is 1. The van der Waals surface area contributed by atoms with Gasteiger partial charge in [-0.3, -0.25) is 4.79 Å². The SMILES string of the molecule is CC1CCCC1CNC(=O)CCCCN. The first-order valence-electron chi connectivity index (χ1n) is 6.20. The quantitative estimate of drug-likeness (QED) is 0.658. The predicted molar refractivity (Wildman–Crippen MR) is 62.4 cm³/mol. The molecule has 0 aliphatic heterocycles. The van der Waals surface area contributed by atoms with Crippen molar-refractivity contribution in [3.8, 4) is 0 Å². The van der Waals surface area contributed by atoms with Gasteiger partial charge in [0.25, 0.3) is 0 Å². The molecule has 0 aromatic rings. The zero-order chi connectivity index (χ0) is 11.1. The van der Waals surface area contributed by atoms with E-state index in [2.05, 4.69) is 12.2 Å². The van der Waals surface area contributed by atoms with Crippen LogP contribution in [0.3, 0.4) is 0 Å². The molecular formula is C12H24N2O. The molecule has 1 rings (SSSR count). The summed E-state index contributed by atoms with van der Waals surface area (Å²) in [5.74, 6) is 1.69. The maximum atomic E-state index is 11.4. The summed E-state index contributed by atoms with van der Waals surface area (Å²) in [5.41, 5.74) is 5.37. The van der Waals surface area contributed by atoms with Gasteiger partial charge in [0.2, 0.25) is 5.91 Å². The molecule has 2 atom stereocenters. The molecular weight excluding hydrogens is 188 g/mol. The van der Waals surface area contributed by atoms with E-state index in [4.69, 9.17) is 5.73 Å². The van der Waals surface area contributed by atoms with Crippen LogP contribution in [0.2, 0.25) is 0 Å². The highest BCUT2D eigenvalue weighted by atomic mass is 16.1. The van der Waals surface area contributed by atoms with Crippen molar-refractivity contribution in [1.82, 2.24) is 5.32 Å². The van der Waals surface area contributed by atoms with Crippen LogP contribution in [0.15, 0.2) is 0 Å². The fraction of sp³-hybridized carbons (Fsp3) is 0.917. The average molecular weight is 212 g/mol. The summed E-state index contributed by atoms with van der Waals surface area (Å²) in [4.78, 5) is 11.4. The van der Waals surface area contributed by atoms with Crippen molar-refractivity contribution in [3.05, 3.63) is 0 Å². The molecule has 0 spiro atoms. The third-order valence-electron chi connectivity index (χ3n) is 3.46. The monoisotopic (exact) mass is 212 g/mol. The minimum Gasteiger partial charge on any atom is -0.356 e. The van der Waals surface area contributed by atoms with Gasteiger partial charge in [-0.05, 0) is 37.6 Å². The zero-order valence-electron chi connectivity index (χ0n) is 9.80. The van der Waals surface area contributed by atoms with Gasteiger partial charge in [0.15, 0.2) is 0 Å². The van der Waals surface area contributed by atoms with Crippen LogP contribution in [0.25, 0.3) is 0 Å². The first-order chi connectivity index (χ1) is 7.24. The topological polar surface area (TPSA) is 55.1 Å². The van der Waals surface area contributed by atoms with E-state index in [0.717, 1.165) is 25.3 Å². The normalized spacial score (nSPS) is 25.5. The van der Waals surface area contributed by atoms with Gasteiger partial charge in [-0.15, -0.1) is 0 Å². The molecule has 1 fully saturated rings. The number of carbonyl (C=O) groups is 1. The van der Waals surface area contributed by atoms with Gasteiger partial charge in [0, 0.05) is 13.0 Å². The van der Waals surface area contributed by atoms with E-state index in [1.165, 1.54) is 19.3 Å². The Morgan fingerprint density at radius 1 is 1.40 bits per heavy atom. The van der Waals surface area contributed by atoms with Crippen molar-refractivity contribution in [3.63, 3.8) is 0 Å². The molecule has 0 bridgehead atoms. The summed E-state index contributed by atoms with van der Waals surface area (Å²) >= 11 is 0. The van der Waals surface area contributed by atoms with Crippen molar-refractivity contribution in [2.24, 2.45) is 17.6 Å². The molecule has 0 aromatic carbocycles. The zero-order valence-corrected chi connectivity index (χ0v) is 9.80. The van der Waals surface area contributed by atoms with E-state index in [9.17, 15) is 4.79 Å². The Bertz CT molecular complexity index is 194.